The Bertz CT molecular complexity index is 2330. The van der Waals surface area contributed by atoms with Crippen LogP contribution in [0.2, 0.25) is 0 Å². The van der Waals surface area contributed by atoms with Crippen molar-refractivity contribution in [2.45, 2.75) is 30.1 Å². The Morgan fingerprint density at radius 3 is 2.24 bits per heavy atom. The first-order chi connectivity index (χ1) is 24.1. The molecule has 2 aliphatic heterocycles. The maximum Gasteiger partial charge on any atom is 0.188 e. The molecular weight excluding hydrogens is 619 g/mol. The van der Waals surface area contributed by atoms with Crippen LogP contribution in [-0.2, 0) is 5.41 Å². The van der Waals surface area contributed by atoms with Crippen LogP contribution in [0.5, 0.6) is 11.5 Å². The van der Waals surface area contributed by atoms with Crippen molar-refractivity contribution in [1.29, 1.82) is 0 Å². The Kier molecular flexibility index (Phi) is 6.28. The summed E-state index contributed by atoms with van der Waals surface area (Å²) in [6.07, 6.45) is 8.84. The van der Waals surface area contributed by atoms with Gasteiger partial charge in [0.2, 0.25) is 0 Å². The number of benzene rings is 5. The van der Waals surface area contributed by atoms with Crippen LogP contribution in [0.1, 0.15) is 47.6 Å². The third-order valence-corrected chi connectivity index (χ3v) is 11.8. The largest absolute Gasteiger partial charge is 0.454 e. The molecule has 0 fully saturated rings. The number of para-hydroxylation sites is 1. The summed E-state index contributed by atoms with van der Waals surface area (Å²) >= 11 is 1.87. The van der Waals surface area contributed by atoms with Gasteiger partial charge in [0, 0.05) is 28.1 Å². The van der Waals surface area contributed by atoms with Crippen LogP contribution in [0.4, 0.5) is 5.69 Å². The standard InChI is InChI=1S/C45H33NO2S/c1-28(46(31-14-4-3-5-15-31)26-30-27-49-41-23-13-9-16-32(30)41)43-29(2)47-40-25-24-39-42(44(40)48-43)35-19-8-12-22-38(35)45(39)36-20-10-6-17-33(36)34-18-7-11-21-37(34)45/h3-11,13-21,23-26H,1,12,22,27H2,2H3/b30-26-. The second-order valence-electron chi connectivity index (χ2n) is 13.2. The highest BCUT2D eigenvalue weighted by molar-refractivity contribution is 8.00. The molecule has 0 amide bonds. The number of nitrogens with zero attached hydrogens (tertiary/aromatic N) is 1. The lowest BCUT2D eigenvalue weighted by Crippen LogP contribution is -2.28. The third-order valence-electron chi connectivity index (χ3n) is 10.6. The van der Waals surface area contributed by atoms with Crippen LogP contribution in [0.15, 0.2) is 168 Å². The van der Waals surface area contributed by atoms with E-state index < -0.39 is 0 Å². The average Bonchev–Trinajstić information content (AvgIpc) is 3.80. The lowest BCUT2D eigenvalue weighted by Gasteiger charge is -2.34. The van der Waals surface area contributed by atoms with E-state index in [1.807, 2.05) is 24.8 Å². The zero-order valence-electron chi connectivity index (χ0n) is 27.2. The molecule has 0 radical (unpaired) electrons. The van der Waals surface area contributed by atoms with Gasteiger partial charge in [-0.05, 0) is 94.1 Å². The fourth-order valence-electron chi connectivity index (χ4n) is 8.63. The zero-order chi connectivity index (χ0) is 32.7. The minimum absolute atomic E-state index is 0.373. The van der Waals surface area contributed by atoms with Crippen molar-refractivity contribution in [3.05, 3.63) is 191 Å². The number of ether oxygens (including phenoxy) is 2. The number of thioether (sulfide) groups is 1. The fourth-order valence-corrected chi connectivity index (χ4v) is 9.70. The molecule has 5 aromatic carbocycles. The Morgan fingerprint density at radius 1 is 0.776 bits per heavy atom. The number of hydrogen-bond donors (Lipinski definition) is 0. The van der Waals surface area contributed by atoms with Crippen LogP contribution < -0.4 is 14.4 Å². The molecule has 0 bridgehead atoms. The SMILES string of the molecule is C=C(C1=C(C)Oc2ccc3c(c2O1)C1=C(CCC=C1)C31c2ccccc2-c2ccccc21)N(/C=C1/CSc2ccccc21)c1ccccc1. The normalized spacial score (nSPS) is 17.9. The Morgan fingerprint density at radius 2 is 1.47 bits per heavy atom. The van der Waals surface area contributed by atoms with Gasteiger partial charge in [-0.3, -0.25) is 0 Å². The predicted octanol–water partition coefficient (Wildman–Crippen LogP) is 11.3. The second kappa shape index (κ2) is 10.8. The van der Waals surface area contributed by atoms with Gasteiger partial charge in [0.15, 0.2) is 17.3 Å². The number of fused-ring (bicyclic) bond motifs is 12. The summed E-state index contributed by atoms with van der Waals surface area (Å²) in [4.78, 5) is 3.46. The molecule has 5 aliphatic rings. The summed E-state index contributed by atoms with van der Waals surface area (Å²) in [6.45, 7) is 6.64. The topological polar surface area (TPSA) is 21.7 Å². The summed E-state index contributed by atoms with van der Waals surface area (Å²) in [5, 5.41) is 0. The summed E-state index contributed by atoms with van der Waals surface area (Å²) in [5.74, 6) is 3.72. The smallest absolute Gasteiger partial charge is 0.188 e. The van der Waals surface area contributed by atoms with E-state index in [2.05, 4.69) is 139 Å². The van der Waals surface area contributed by atoms with Gasteiger partial charge < -0.3 is 14.4 Å². The van der Waals surface area contributed by atoms with Crippen LogP contribution >= 0.6 is 11.8 Å². The highest BCUT2D eigenvalue weighted by atomic mass is 32.2. The molecule has 10 rings (SSSR count). The van der Waals surface area contributed by atoms with Crippen molar-refractivity contribution in [1.82, 2.24) is 0 Å². The molecule has 0 N–H and O–H groups in total. The first kappa shape index (κ1) is 28.6. The maximum atomic E-state index is 7.12. The monoisotopic (exact) mass is 651 g/mol. The lowest BCUT2D eigenvalue weighted by atomic mass is 9.68. The Labute approximate surface area is 291 Å². The zero-order valence-corrected chi connectivity index (χ0v) is 28.0. The van der Waals surface area contributed by atoms with Crippen LogP contribution in [-0.4, -0.2) is 5.75 Å². The highest BCUT2D eigenvalue weighted by Gasteiger charge is 2.54. The quantitative estimate of drug-likeness (QED) is 0.193. The van der Waals surface area contributed by atoms with E-state index in [1.165, 1.54) is 55.0 Å². The molecule has 0 unspecified atom stereocenters. The van der Waals surface area contributed by atoms with Gasteiger partial charge in [-0.2, -0.15) is 0 Å². The Hall–Kier alpha value is -5.45. The van der Waals surface area contributed by atoms with Crippen LogP contribution in [0, 0.1) is 0 Å². The Balaban J connectivity index is 1.13. The number of hydrogen-bond acceptors (Lipinski definition) is 4. The highest BCUT2D eigenvalue weighted by Crippen LogP contribution is 2.66. The van der Waals surface area contributed by atoms with Gasteiger partial charge in [0.25, 0.3) is 0 Å². The van der Waals surface area contributed by atoms with E-state index in [-0.39, 0.29) is 5.41 Å². The van der Waals surface area contributed by atoms with Crippen molar-refractivity contribution in [2.24, 2.45) is 0 Å². The van der Waals surface area contributed by atoms with E-state index in [0.29, 0.717) is 11.5 Å². The van der Waals surface area contributed by atoms with E-state index in [1.54, 1.807) is 0 Å². The molecule has 0 saturated carbocycles. The van der Waals surface area contributed by atoms with Gasteiger partial charge in [0.1, 0.15) is 5.76 Å². The number of anilines is 1. The van der Waals surface area contributed by atoms with Crippen LogP contribution in [0.25, 0.3) is 22.3 Å². The van der Waals surface area contributed by atoms with Crippen molar-refractivity contribution in [2.75, 3.05) is 10.7 Å². The van der Waals surface area contributed by atoms with Gasteiger partial charge in [-0.15, -0.1) is 11.8 Å². The van der Waals surface area contributed by atoms with Crippen molar-refractivity contribution >= 4 is 28.6 Å². The average molecular weight is 652 g/mol. The van der Waals surface area contributed by atoms with Crippen molar-refractivity contribution < 1.29 is 9.47 Å². The van der Waals surface area contributed by atoms with E-state index in [9.17, 15) is 0 Å². The molecule has 3 nitrogen and oxygen atoms in total. The summed E-state index contributed by atoms with van der Waals surface area (Å²) in [5.41, 5.74) is 14.3. The van der Waals surface area contributed by atoms with Gasteiger partial charge in [0.05, 0.1) is 11.1 Å². The first-order valence-electron chi connectivity index (χ1n) is 16.9. The van der Waals surface area contributed by atoms with Gasteiger partial charge in [-0.25, -0.2) is 0 Å². The lowest BCUT2D eigenvalue weighted by molar-refractivity contribution is 0.300. The fraction of sp³-hybridized carbons (Fsp3) is 0.111. The molecule has 236 valence electrons. The molecule has 49 heavy (non-hydrogen) atoms. The van der Waals surface area contributed by atoms with E-state index >= 15 is 0 Å². The molecule has 0 aromatic heterocycles. The second-order valence-corrected chi connectivity index (χ2v) is 14.2. The maximum absolute atomic E-state index is 7.12. The molecule has 2 heterocycles. The predicted molar refractivity (Wildman–Crippen MR) is 201 cm³/mol. The molecule has 0 saturated heterocycles. The minimum atomic E-state index is -0.373. The number of rotatable bonds is 4. The third kappa shape index (κ3) is 3.98. The molecule has 0 atom stereocenters. The molecular formula is C45H33NO2S. The van der Waals surface area contributed by atoms with Crippen LogP contribution in [0.3, 0.4) is 0 Å². The van der Waals surface area contributed by atoms with Gasteiger partial charge in [-0.1, -0.05) is 110 Å². The van der Waals surface area contributed by atoms with Gasteiger partial charge >= 0.3 is 0 Å². The van der Waals surface area contributed by atoms with E-state index in [4.69, 9.17) is 9.47 Å². The van der Waals surface area contributed by atoms with Crippen molar-refractivity contribution in [3.63, 3.8) is 0 Å². The number of allylic oxidation sites excluding steroid dienone is 5. The molecule has 1 spiro atoms. The first-order valence-corrected chi connectivity index (χ1v) is 17.9. The minimum Gasteiger partial charge on any atom is -0.454 e. The molecule has 3 aliphatic carbocycles. The summed E-state index contributed by atoms with van der Waals surface area (Å²) in [6, 6.07) is 41.3. The van der Waals surface area contributed by atoms with E-state index in [0.717, 1.165) is 47.0 Å². The molecule has 4 heteroatoms. The summed E-state index contributed by atoms with van der Waals surface area (Å²) in [7, 11) is 0. The molecule has 5 aromatic rings. The summed E-state index contributed by atoms with van der Waals surface area (Å²) < 4.78 is 13.8. The van der Waals surface area contributed by atoms with Crippen molar-refractivity contribution in [3.8, 4) is 22.6 Å².